The molecule has 0 aromatic rings. The Morgan fingerprint density at radius 1 is 0.960 bits per heavy atom. The van der Waals surface area contributed by atoms with Crippen molar-refractivity contribution in [3.8, 4) is 0 Å². The quantitative estimate of drug-likeness (QED) is 0.221. The number of nitrogens with zero attached hydrogens (tertiary/aromatic N) is 1. The van der Waals surface area contributed by atoms with E-state index in [0.29, 0.717) is 10.6 Å². The Kier molecular flexibility index (Phi) is 11.9. The lowest BCUT2D eigenvalue weighted by atomic mass is 10.0. The zero-order chi connectivity index (χ0) is 18.4. The SMILES string of the molecule is CC/C=C/CCCCCCCCCCCC1NC=C[N+]1(CC)C(C)O. The normalized spacial score (nSPS) is 24.1. The average molecular weight is 352 g/mol. The lowest BCUT2D eigenvalue weighted by Gasteiger charge is -2.39. The summed E-state index contributed by atoms with van der Waals surface area (Å²) in [5.74, 6) is 0. The fraction of sp³-hybridized carbons (Fsp3) is 0.818. The van der Waals surface area contributed by atoms with Gasteiger partial charge >= 0.3 is 0 Å². The Balaban J connectivity index is 1.96. The van der Waals surface area contributed by atoms with Crippen LogP contribution in [0.5, 0.6) is 0 Å². The number of rotatable bonds is 15. The lowest BCUT2D eigenvalue weighted by Crippen LogP contribution is -2.57. The molecule has 3 heteroatoms. The van der Waals surface area contributed by atoms with Gasteiger partial charge in [-0.05, 0) is 32.6 Å². The standard InChI is InChI=1S/C22H43N2O/c1-4-6-7-8-9-10-11-12-13-14-15-16-17-18-22-23-19-20-24(22,5-2)21(3)25/h6-7,19-23,25H,4-5,8-18H2,1-3H3/q+1/b7-6+. The molecule has 25 heavy (non-hydrogen) atoms. The van der Waals surface area contributed by atoms with Gasteiger partial charge in [-0.15, -0.1) is 0 Å². The van der Waals surface area contributed by atoms with E-state index in [2.05, 4.69) is 37.5 Å². The number of aliphatic hydroxyl groups is 1. The highest BCUT2D eigenvalue weighted by Crippen LogP contribution is 2.25. The summed E-state index contributed by atoms with van der Waals surface area (Å²) in [4.78, 5) is 0. The molecule has 0 amide bonds. The maximum atomic E-state index is 10.2. The van der Waals surface area contributed by atoms with E-state index >= 15 is 0 Å². The minimum Gasteiger partial charge on any atom is -0.345 e. The summed E-state index contributed by atoms with van der Waals surface area (Å²) >= 11 is 0. The molecule has 1 aliphatic rings. The first-order chi connectivity index (χ1) is 12.2. The molecule has 0 radical (unpaired) electrons. The van der Waals surface area contributed by atoms with Crippen LogP contribution in [-0.4, -0.2) is 28.5 Å². The monoisotopic (exact) mass is 351 g/mol. The summed E-state index contributed by atoms with van der Waals surface area (Å²) in [7, 11) is 0. The topological polar surface area (TPSA) is 32.3 Å². The van der Waals surface area contributed by atoms with Crippen LogP contribution in [0.2, 0.25) is 0 Å². The molecule has 0 aliphatic carbocycles. The third-order valence-corrected chi connectivity index (χ3v) is 5.72. The van der Waals surface area contributed by atoms with E-state index in [1.54, 1.807) is 0 Å². The lowest BCUT2D eigenvalue weighted by molar-refractivity contribution is -0.942. The Morgan fingerprint density at radius 2 is 1.56 bits per heavy atom. The number of unbranched alkanes of at least 4 members (excludes halogenated alkanes) is 9. The van der Waals surface area contributed by atoms with E-state index in [4.69, 9.17) is 0 Å². The van der Waals surface area contributed by atoms with Crippen molar-refractivity contribution in [3.63, 3.8) is 0 Å². The van der Waals surface area contributed by atoms with E-state index in [9.17, 15) is 5.11 Å². The summed E-state index contributed by atoms with van der Waals surface area (Å²) in [6.07, 6.45) is 24.7. The smallest absolute Gasteiger partial charge is 0.193 e. The van der Waals surface area contributed by atoms with Gasteiger partial charge in [-0.1, -0.05) is 64.0 Å². The minimum absolute atomic E-state index is 0.335. The molecule has 0 bridgehead atoms. The van der Waals surface area contributed by atoms with Crippen LogP contribution >= 0.6 is 0 Å². The Hall–Kier alpha value is -0.800. The molecule has 2 N–H and O–H groups in total. The molecule has 0 saturated heterocycles. The molecule has 146 valence electrons. The predicted octanol–water partition coefficient (Wildman–Crippen LogP) is 5.82. The van der Waals surface area contributed by atoms with Crippen molar-refractivity contribution in [2.75, 3.05) is 6.54 Å². The Morgan fingerprint density at radius 3 is 2.12 bits per heavy atom. The second-order valence-electron chi connectivity index (χ2n) is 7.58. The number of allylic oxidation sites excluding steroid dienone is 2. The first kappa shape index (κ1) is 22.2. The maximum Gasteiger partial charge on any atom is 0.193 e. The third kappa shape index (κ3) is 7.96. The molecule has 1 aliphatic heterocycles. The molecular weight excluding hydrogens is 308 g/mol. The van der Waals surface area contributed by atoms with E-state index in [0.717, 1.165) is 13.0 Å². The minimum atomic E-state index is -0.335. The van der Waals surface area contributed by atoms with Crippen molar-refractivity contribution in [2.24, 2.45) is 0 Å². The first-order valence-corrected chi connectivity index (χ1v) is 10.8. The summed E-state index contributed by atoms with van der Waals surface area (Å²) < 4.78 is 0.674. The molecule has 0 saturated carbocycles. The summed E-state index contributed by atoms with van der Waals surface area (Å²) in [5.41, 5.74) is 0. The van der Waals surface area contributed by atoms with Crippen molar-refractivity contribution in [1.29, 1.82) is 0 Å². The molecule has 3 unspecified atom stereocenters. The van der Waals surface area contributed by atoms with Gasteiger partial charge in [0.05, 0.1) is 12.7 Å². The number of nitrogens with one attached hydrogen (secondary N) is 1. The Bertz CT molecular complexity index is 378. The fourth-order valence-corrected chi connectivity index (χ4v) is 3.96. The molecule has 3 atom stereocenters. The zero-order valence-electron chi connectivity index (χ0n) is 17.1. The van der Waals surface area contributed by atoms with Gasteiger partial charge in [0.2, 0.25) is 0 Å². The van der Waals surface area contributed by atoms with E-state index < -0.39 is 0 Å². The highest BCUT2D eigenvalue weighted by Gasteiger charge is 2.40. The maximum absolute atomic E-state index is 10.2. The van der Waals surface area contributed by atoms with Crippen LogP contribution in [0.3, 0.4) is 0 Å². The molecule has 0 aromatic heterocycles. The van der Waals surface area contributed by atoms with E-state index in [-0.39, 0.29) is 6.23 Å². The highest BCUT2D eigenvalue weighted by atomic mass is 16.3. The second-order valence-corrected chi connectivity index (χ2v) is 7.58. The molecule has 0 fully saturated rings. The first-order valence-electron chi connectivity index (χ1n) is 10.8. The van der Waals surface area contributed by atoms with Crippen LogP contribution in [0.15, 0.2) is 24.6 Å². The van der Waals surface area contributed by atoms with Gasteiger partial charge in [0.25, 0.3) is 0 Å². The molecule has 1 rings (SSSR count). The molecule has 0 aromatic carbocycles. The van der Waals surface area contributed by atoms with Crippen LogP contribution in [0, 0.1) is 0 Å². The van der Waals surface area contributed by atoms with Crippen LogP contribution < -0.4 is 5.32 Å². The van der Waals surface area contributed by atoms with Crippen molar-refractivity contribution >= 4 is 0 Å². The van der Waals surface area contributed by atoms with Gasteiger partial charge in [-0.25, -0.2) is 0 Å². The molecule has 0 spiro atoms. The number of hydrogen-bond acceptors (Lipinski definition) is 2. The van der Waals surface area contributed by atoms with Crippen LogP contribution in [0.4, 0.5) is 0 Å². The summed E-state index contributed by atoms with van der Waals surface area (Å²) in [5, 5.41) is 13.6. The summed E-state index contributed by atoms with van der Waals surface area (Å²) in [6, 6.07) is 0. The second kappa shape index (κ2) is 13.4. The molecule has 1 heterocycles. The number of aliphatic hydroxyl groups excluding tert-OH is 1. The summed E-state index contributed by atoms with van der Waals surface area (Å²) in [6.45, 7) is 7.22. The number of quaternary nitrogens is 1. The Labute approximate surface area is 156 Å². The fourth-order valence-electron chi connectivity index (χ4n) is 3.96. The van der Waals surface area contributed by atoms with Crippen molar-refractivity contribution in [3.05, 3.63) is 24.6 Å². The largest absolute Gasteiger partial charge is 0.345 e. The van der Waals surface area contributed by atoms with Crippen LogP contribution in [-0.2, 0) is 0 Å². The zero-order valence-corrected chi connectivity index (χ0v) is 17.1. The highest BCUT2D eigenvalue weighted by molar-refractivity contribution is 4.84. The van der Waals surface area contributed by atoms with Gasteiger partial charge in [0.15, 0.2) is 12.4 Å². The van der Waals surface area contributed by atoms with Crippen molar-refractivity contribution in [2.45, 2.75) is 110 Å². The van der Waals surface area contributed by atoms with Gasteiger partial charge in [0, 0.05) is 13.3 Å². The van der Waals surface area contributed by atoms with E-state index in [1.807, 2.05) is 13.1 Å². The van der Waals surface area contributed by atoms with Gasteiger partial charge in [-0.2, -0.15) is 0 Å². The predicted molar refractivity (Wildman–Crippen MR) is 109 cm³/mol. The molecular formula is C22H43N2O+. The average Bonchev–Trinajstić information content (AvgIpc) is 3.03. The molecule has 3 nitrogen and oxygen atoms in total. The third-order valence-electron chi connectivity index (χ3n) is 5.72. The number of hydrogen-bond donors (Lipinski definition) is 2. The van der Waals surface area contributed by atoms with Gasteiger partial charge < -0.3 is 10.4 Å². The van der Waals surface area contributed by atoms with Crippen molar-refractivity contribution in [1.82, 2.24) is 5.32 Å². The van der Waals surface area contributed by atoms with Crippen LogP contribution in [0.1, 0.15) is 97.8 Å². The van der Waals surface area contributed by atoms with Gasteiger partial charge in [-0.3, -0.25) is 4.48 Å². The van der Waals surface area contributed by atoms with Crippen LogP contribution in [0.25, 0.3) is 0 Å². The van der Waals surface area contributed by atoms with Crippen molar-refractivity contribution < 1.29 is 9.59 Å². The van der Waals surface area contributed by atoms with Gasteiger partial charge in [0.1, 0.15) is 6.20 Å². The van der Waals surface area contributed by atoms with E-state index in [1.165, 1.54) is 70.6 Å².